The summed E-state index contributed by atoms with van der Waals surface area (Å²) in [4.78, 5) is 0. The largest absolute Gasteiger partial charge is 0.396 e. The van der Waals surface area contributed by atoms with Crippen LogP contribution in [0, 0.1) is 5.92 Å². The minimum absolute atomic E-state index is 0.343. The summed E-state index contributed by atoms with van der Waals surface area (Å²) in [5.74, 6) is -1.28. The van der Waals surface area contributed by atoms with E-state index in [0.717, 1.165) is 23.1 Å². The van der Waals surface area contributed by atoms with E-state index in [0.29, 0.717) is 17.0 Å². The van der Waals surface area contributed by atoms with Crippen LogP contribution in [0.1, 0.15) is 35.1 Å². The van der Waals surface area contributed by atoms with Gasteiger partial charge < -0.3 is 20.4 Å². The molecule has 5 unspecified atom stereocenters. The van der Waals surface area contributed by atoms with E-state index in [4.69, 9.17) is 11.6 Å². The van der Waals surface area contributed by atoms with Gasteiger partial charge in [0.2, 0.25) is 0 Å². The molecule has 0 aromatic heterocycles. The van der Waals surface area contributed by atoms with E-state index < -0.39 is 30.1 Å². The predicted octanol–water partition coefficient (Wildman–Crippen LogP) is 2.84. The maximum Gasteiger partial charge on any atom is 0.107 e. The van der Waals surface area contributed by atoms with Crippen molar-refractivity contribution >= 4 is 11.6 Å². The molecule has 5 atom stereocenters. The molecule has 1 saturated carbocycles. The van der Waals surface area contributed by atoms with Crippen LogP contribution in [0.25, 0.3) is 0 Å². The molecular weight excluding hydrogens is 376 g/mol. The number of rotatable bonds is 5. The fourth-order valence-corrected chi connectivity index (χ4v) is 4.16. The molecule has 0 saturated heterocycles. The molecule has 1 aliphatic carbocycles. The van der Waals surface area contributed by atoms with Gasteiger partial charge in [-0.05, 0) is 41.2 Å². The number of aryl methyl sites for hydroxylation is 1. The minimum Gasteiger partial charge on any atom is -0.396 e. The second kappa shape index (κ2) is 8.76. The van der Waals surface area contributed by atoms with E-state index in [9.17, 15) is 20.4 Å². The molecule has 5 heteroatoms. The summed E-state index contributed by atoms with van der Waals surface area (Å²) >= 11 is 6.41. The van der Waals surface area contributed by atoms with Gasteiger partial charge >= 0.3 is 0 Å². The molecule has 3 rings (SSSR count). The Morgan fingerprint density at radius 3 is 2.18 bits per heavy atom. The van der Waals surface area contributed by atoms with Gasteiger partial charge in [-0.1, -0.05) is 67.1 Å². The molecule has 2 aromatic carbocycles. The van der Waals surface area contributed by atoms with Crippen LogP contribution in [0.3, 0.4) is 0 Å². The number of halogens is 1. The number of aliphatic hydroxyl groups excluding tert-OH is 4. The molecule has 2 aromatic rings. The van der Waals surface area contributed by atoms with E-state index in [-0.39, 0.29) is 6.61 Å². The lowest BCUT2D eigenvalue weighted by molar-refractivity contribution is -0.107. The first-order valence-electron chi connectivity index (χ1n) is 9.57. The highest BCUT2D eigenvalue weighted by atomic mass is 35.5. The van der Waals surface area contributed by atoms with Gasteiger partial charge in [0.25, 0.3) is 0 Å². The summed E-state index contributed by atoms with van der Waals surface area (Å²) < 4.78 is 0. The van der Waals surface area contributed by atoms with Crippen molar-refractivity contribution in [2.75, 3.05) is 6.61 Å². The van der Waals surface area contributed by atoms with Crippen LogP contribution in [0.2, 0.25) is 5.02 Å². The van der Waals surface area contributed by atoms with Crippen molar-refractivity contribution in [3.05, 3.63) is 81.9 Å². The smallest absolute Gasteiger partial charge is 0.107 e. The lowest BCUT2D eigenvalue weighted by Gasteiger charge is -2.42. The standard InChI is InChI=1S/C23H27ClO4/c1-3-14-4-6-15(7-5-14)10-17-11-16(8-9-19(17)24)20-13(2)18(12-25)21(26)23(28)22(20)27/h4-9,11,18,20-23,25-28H,2-3,10,12H2,1H3. The minimum atomic E-state index is -1.35. The molecule has 0 amide bonds. The van der Waals surface area contributed by atoms with Gasteiger partial charge in [-0.2, -0.15) is 0 Å². The van der Waals surface area contributed by atoms with Gasteiger partial charge in [-0.25, -0.2) is 0 Å². The predicted molar refractivity (Wildman–Crippen MR) is 111 cm³/mol. The van der Waals surface area contributed by atoms with Crippen molar-refractivity contribution in [1.29, 1.82) is 0 Å². The lowest BCUT2D eigenvalue weighted by atomic mass is 9.70. The maximum absolute atomic E-state index is 10.6. The van der Waals surface area contributed by atoms with Gasteiger partial charge in [0, 0.05) is 16.9 Å². The molecule has 0 bridgehead atoms. The number of hydrogen-bond acceptors (Lipinski definition) is 4. The van der Waals surface area contributed by atoms with E-state index in [1.54, 1.807) is 12.1 Å². The highest BCUT2D eigenvalue weighted by molar-refractivity contribution is 6.31. The first-order chi connectivity index (χ1) is 13.4. The average molecular weight is 403 g/mol. The number of aliphatic hydroxyl groups is 4. The van der Waals surface area contributed by atoms with Crippen LogP contribution in [0.4, 0.5) is 0 Å². The van der Waals surface area contributed by atoms with E-state index >= 15 is 0 Å². The van der Waals surface area contributed by atoms with Crippen molar-refractivity contribution in [1.82, 2.24) is 0 Å². The Hall–Kier alpha value is -1.69. The second-order valence-electron chi connectivity index (χ2n) is 7.51. The third kappa shape index (κ3) is 4.02. The van der Waals surface area contributed by atoms with Crippen LogP contribution in [-0.4, -0.2) is 45.3 Å². The van der Waals surface area contributed by atoms with Crippen LogP contribution in [-0.2, 0) is 12.8 Å². The first kappa shape index (κ1) is 21.0. The highest BCUT2D eigenvalue weighted by Gasteiger charge is 2.45. The summed E-state index contributed by atoms with van der Waals surface area (Å²) in [6.45, 7) is 5.76. The van der Waals surface area contributed by atoms with E-state index in [1.165, 1.54) is 5.56 Å². The molecule has 1 aliphatic rings. The molecule has 4 N–H and O–H groups in total. The van der Waals surface area contributed by atoms with Gasteiger partial charge in [0.05, 0.1) is 18.8 Å². The third-order valence-corrected chi connectivity index (χ3v) is 6.15. The number of hydrogen-bond donors (Lipinski definition) is 4. The summed E-state index contributed by atoms with van der Waals surface area (Å²) in [5, 5.41) is 41.1. The third-order valence-electron chi connectivity index (χ3n) is 5.78. The fourth-order valence-electron chi connectivity index (χ4n) is 3.98. The molecule has 0 radical (unpaired) electrons. The van der Waals surface area contributed by atoms with E-state index in [1.807, 2.05) is 6.07 Å². The van der Waals surface area contributed by atoms with Gasteiger partial charge in [0.15, 0.2) is 0 Å². The molecule has 150 valence electrons. The SMILES string of the molecule is C=C1C(CO)C(O)C(O)C(O)C1c1ccc(Cl)c(Cc2ccc(CC)cc2)c1. The van der Waals surface area contributed by atoms with Crippen molar-refractivity contribution < 1.29 is 20.4 Å². The zero-order valence-corrected chi connectivity index (χ0v) is 16.7. The zero-order chi connectivity index (χ0) is 20.4. The Labute approximate surface area is 170 Å². The molecule has 0 heterocycles. The topological polar surface area (TPSA) is 80.9 Å². The monoisotopic (exact) mass is 402 g/mol. The van der Waals surface area contributed by atoms with Crippen LogP contribution in [0.15, 0.2) is 54.6 Å². The molecule has 4 nitrogen and oxygen atoms in total. The van der Waals surface area contributed by atoms with Gasteiger partial charge in [-0.3, -0.25) is 0 Å². The molecular formula is C23H27ClO4. The Bertz CT molecular complexity index is 833. The molecule has 0 aliphatic heterocycles. The second-order valence-corrected chi connectivity index (χ2v) is 7.92. The molecule has 0 spiro atoms. The number of benzene rings is 2. The van der Waals surface area contributed by atoms with Gasteiger partial charge in [-0.15, -0.1) is 0 Å². The Morgan fingerprint density at radius 1 is 0.929 bits per heavy atom. The van der Waals surface area contributed by atoms with E-state index in [2.05, 4.69) is 37.8 Å². The fraction of sp³-hybridized carbons (Fsp3) is 0.391. The Balaban J connectivity index is 1.92. The quantitative estimate of drug-likeness (QED) is 0.580. The zero-order valence-electron chi connectivity index (χ0n) is 15.9. The maximum atomic E-state index is 10.6. The summed E-state index contributed by atoms with van der Waals surface area (Å²) in [7, 11) is 0. The Kier molecular flexibility index (Phi) is 6.58. The highest BCUT2D eigenvalue weighted by Crippen LogP contribution is 2.41. The molecule has 1 fully saturated rings. The molecule has 28 heavy (non-hydrogen) atoms. The first-order valence-corrected chi connectivity index (χ1v) is 9.95. The summed E-state index contributed by atoms with van der Waals surface area (Å²) in [5.41, 5.74) is 4.57. The van der Waals surface area contributed by atoms with Crippen molar-refractivity contribution in [2.24, 2.45) is 5.92 Å². The lowest BCUT2D eigenvalue weighted by Crippen LogP contribution is -2.52. The summed E-state index contributed by atoms with van der Waals surface area (Å²) in [6, 6.07) is 13.8. The normalized spacial score (nSPS) is 27.8. The van der Waals surface area contributed by atoms with Crippen molar-refractivity contribution in [3.63, 3.8) is 0 Å². The van der Waals surface area contributed by atoms with Crippen LogP contribution < -0.4 is 0 Å². The van der Waals surface area contributed by atoms with Crippen molar-refractivity contribution in [2.45, 2.75) is 44.0 Å². The summed E-state index contributed by atoms with van der Waals surface area (Å²) in [6.07, 6.45) is -2.18. The van der Waals surface area contributed by atoms with Crippen LogP contribution in [0.5, 0.6) is 0 Å². The van der Waals surface area contributed by atoms with Crippen molar-refractivity contribution in [3.8, 4) is 0 Å². The average Bonchev–Trinajstić information content (AvgIpc) is 2.70. The van der Waals surface area contributed by atoms with Crippen LogP contribution >= 0.6 is 11.6 Å². The Morgan fingerprint density at radius 2 is 1.57 bits per heavy atom. The van der Waals surface area contributed by atoms with Gasteiger partial charge in [0.1, 0.15) is 6.10 Å².